The van der Waals surface area contributed by atoms with E-state index < -0.39 is 34.6 Å². The summed E-state index contributed by atoms with van der Waals surface area (Å²) in [5, 5.41) is 6.99. The van der Waals surface area contributed by atoms with Crippen molar-refractivity contribution in [1.29, 1.82) is 0 Å². The van der Waals surface area contributed by atoms with E-state index >= 15 is 0 Å². The molecular weight excluding hydrogens is 379 g/mol. The van der Waals surface area contributed by atoms with Gasteiger partial charge in [-0.25, -0.2) is 14.0 Å². The molecule has 0 aromatic carbocycles. The number of nitrogens with one attached hydrogen (secondary N) is 1. The number of rotatable bonds is 1. The van der Waals surface area contributed by atoms with Crippen molar-refractivity contribution in [3.63, 3.8) is 0 Å². The van der Waals surface area contributed by atoms with Crippen LogP contribution in [-0.2, 0) is 16.0 Å². The van der Waals surface area contributed by atoms with Crippen LogP contribution in [0.3, 0.4) is 0 Å². The first-order chi connectivity index (χ1) is 13.3. The average molecular weight is 410 g/mol. The Morgan fingerprint density at radius 2 is 1.72 bits per heavy atom. The summed E-state index contributed by atoms with van der Waals surface area (Å²) >= 11 is 0. The number of nitrogens with zero attached hydrogens (tertiary/aromatic N) is 3. The molecule has 162 valence electrons. The lowest BCUT2D eigenvalue weighted by atomic mass is 9.73. The first-order valence-electron chi connectivity index (χ1n) is 9.98. The first kappa shape index (κ1) is 21.4. The van der Waals surface area contributed by atoms with Gasteiger partial charge in [0.05, 0.1) is 17.9 Å². The SMILES string of the molecule is CC(C)(C)OC(=O)N[C@@H]1c2c(F)cnn2CC12CCN(C(=O)OC(C)(C)C)CC2. The van der Waals surface area contributed by atoms with E-state index in [4.69, 9.17) is 9.47 Å². The molecule has 2 aliphatic heterocycles. The number of piperidine rings is 1. The summed E-state index contributed by atoms with van der Waals surface area (Å²) in [4.78, 5) is 26.5. The van der Waals surface area contributed by atoms with E-state index in [-0.39, 0.29) is 6.09 Å². The van der Waals surface area contributed by atoms with Crippen molar-refractivity contribution in [1.82, 2.24) is 20.0 Å². The Bertz CT molecular complexity index is 785. The fourth-order valence-electron chi connectivity index (χ4n) is 4.02. The van der Waals surface area contributed by atoms with Gasteiger partial charge in [0.1, 0.15) is 11.2 Å². The van der Waals surface area contributed by atoms with E-state index in [0.717, 1.165) is 0 Å². The predicted octanol–water partition coefficient (Wildman–Crippen LogP) is 3.62. The van der Waals surface area contributed by atoms with Gasteiger partial charge >= 0.3 is 12.2 Å². The number of hydrogen-bond donors (Lipinski definition) is 1. The third-order valence-electron chi connectivity index (χ3n) is 5.26. The van der Waals surface area contributed by atoms with Crippen molar-refractivity contribution in [2.75, 3.05) is 13.1 Å². The molecule has 1 saturated heterocycles. The van der Waals surface area contributed by atoms with E-state index in [2.05, 4.69) is 10.4 Å². The van der Waals surface area contributed by atoms with Crippen LogP contribution >= 0.6 is 0 Å². The third-order valence-corrected chi connectivity index (χ3v) is 5.26. The number of fused-ring (bicyclic) bond motifs is 1. The topological polar surface area (TPSA) is 85.7 Å². The molecule has 0 unspecified atom stereocenters. The predicted molar refractivity (Wildman–Crippen MR) is 104 cm³/mol. The van der Waals surface area contributed by atoms with Crippen molar-refractivity contribution >= 4 is 12.2 Å². The van der Waals surface area contributed by atoms with Crippen molar-refractivity contribution < 1.29 is 23.5 Å². The van der Waals surface area contributed by atoms with Crippen LogP contribution in [0, 0.1) is 11.2 Å². The van der Waals surface area contributed by atoms with Crippen molar-refractivity contribution in [3.05, 3.63) is 17.7 Å². The van der Waals surface area contributed by atoms with Gasteiger partial charge in [0.25, 0.3) is 0 Å². The van der Waals surface area contributed by atoms with E-state index in [1.54, 1.807) is 30.4 Å². The zero-order valence-corrected chi connectivity index (χ0v) is 18.0. The monoisotopic (exact) mass is 410 g/mol. The van der Waals surface area contributed by atoms with Crippen LogP contribution in [0.15, 0.2) is 6.20 Å². The molecule has 0 bridgehead atoms. The second kappa shape index (κ2) is 7.18. The number of carbonyl (C=O) groups excluding carboxylic acids is 2. The molecule has 3 heterocycles. The fourth-order valence-corrected chi connectivity index (χ4v) is 4.02. The summed E-state index contributed by atoms with van der Waals surface area (Å²) in [5.74, 6) is -0.447. The zero-order valence-electron chi connectivity index (χ0n) is 18.0. The van der Waals surface area contributed by atoms with Gasteiger partial charge in [-0.15, -0.1) is 0 Å². The number of alkyl carbamates (subject to hydrolysis) is 1. The summed E-state index contributed by atoms with van der Waals surface area (Å²) in [6, 6.07) is -0.569. The van der Waals surface area contributed by atoms with Crippen molar-refractivity contribution in [2.45, 2.75) is 78.2 Å². The molecule has 1 aromatic heterocycles. The van der Waals surface area contributed by atoms with Crippen molar-refractivity contribution in [2.24, 2.45) is 5.41 Å². The molecule has 1 fully saturated rings. The highest BCUT2D eigenvalue weighted by molar-refractivity contribution is 5.69. The highest BCUT2D eigenvalue weighted by atomic mass is 19.1. The number of likely N-dealkylation sites (tertiary alicyclic amines) is 1. The minimum atomic E-state index is -0.658. The van der Waals surface area contributed by atoms with E-state index in [0.29, 0.717) is 38.2 Å². The lowest BCUT2D eigenvalue weighted by molar-refractivity contribution is 0.00154. The van der Waals surface area contributed by atoms with Crippen LogP contribution in [0.2, 0.25) is 0 Å². The van der Waals surface area contributed by atoms with Crippen LogP contribution in [0.5, 0.6) is 0 Å². The van der Waals surface area contributed by atoms with Gasteiger partial charge in [0, 0.05) is 25.0 Å². The smallest absolute Gasteiger partial charge is 0.410 e. The second-order valence-corrected chi connectivity index (χ2v) is 9.94. The number of aromatic nitrogens is 2. The lowest BCUT2D eigenvalue weighted by Gasteiger charge is -2.42. The maximum absolute atomic E-state index is 14.5. The normalized spacial score (nSPS) is 21.1. The Balaban J connectivity index is 1.76. The first-order valence-corrected chi connectivity index (χ1v) is 9.98. The molecule has 0 radical (unpaired) electrons. The molecule has 1 atom stereocenters. The van der Waals surface area contributed by atoms with Gasteiger partial charge in [-0.1, -0.05) is 0 Å². The van der Waals surface area contributed by atoms with Gasteiger partial charge in [0.2, 0.25) is 0 Å². The highest BCUT2D eigenvalue weighted by Gasteiger charge is 2.51. The molecule has 0 saturated carbocycles. The number of halogens is 1. The molecular formula is C20H31FN4O4. The molecule has 3 rings (SSSR count). The van der Waals surface area contributed by atoms with E-state index in [1.165, 1.54) is 6.20 Å². The Morgan fingerprint density at radius 1 is 1.14 bits per heavy atom. The number of hydrogen-bond acceptors (Lipinski definition) is 5. The second-order valence-electron chi connectivity index (χ2n) is 9.94. The van der Waals surface area contributed by atoms with Crippen LogP contribution in [0.25, 0.3) is 0 Å². The standard InChI is InChI=1S/C20H31FN4O4/c1-18(2,3)28-16(26)23-15-14-13(21)11-22-25(14)12-20(15)7-9-24(10-8-20)17(27)29-19(4,5)6/h11,15H,7-10,12H2,1-6H3,(H,23,26)/t15-/m1/s1. The molecule has 9 heteroatoms. The highest BCUT2D eigenvalue weighted by Crippen LogP contribution is 2.49. The van der Waals surface area contributed by atoms with Gasteiger partial charge in [0.15, 0.2) is 5.82 Å². The fraction of sp³-hybridized carbons (Fsp3) is 0.750. The Hall–Kier alpha value is -2.32. The molecule has 29 heavy (non-hydrogen) atoms. The summed E-state index contributed by atoms with van der Waals surface area (Å²) in [5.41, 5.74) is -1.29. The molecule has 0 aliphatic carbocycles. The Kier molecular flexibility index (Phi) is 5.29. The van der Waals surface area contributed by atoms with E-state index in [9.17, 15) is 14.0 Å². The van der Waals surface area contributed by atoms with Gasteiger partial charge in [-0.2, -0.15) is 5.10 Å². The molecule has 2 amide bonds. The molecule has 2 aliphatic rings. The quantitative estimate of drug-likeness (QED) is 0.764. The minimum Gasteiger partial charge on any atom is -0.444 e. The maximum Gasteiger partial charge on any atom is 0.410 e. The summed E-state index contributed by atoms with van der Waals surface area (Å²) in [7, 11) is 0. The molecule has 8 nitrogen and oxygen atoms in total. The zero-order chi connectivity index (χ0) is 21.6. The van der Waals surface area contributed by atoms with Crippen LogP contribution < -0.4 is 5.32 Å². The number of ether oxygens (including phenoxy) is 2. The van der Waals surface area contributed by atoms with Crippen LogP contribution in [0.1, 0.15) is 66.1 Å². The minimum absolute atomic E-state index is 0.356. The average Bonchev–Trinajstić information content (AvgIpc) is 3.03. The lowest BCUT2D eigenvalue weighted by Crippen LogP contribution is -2.50. The summed E-state index contributed by atoms with van der Waals surface area (Å²) < 4.78 is 26.9. The number of carbonyl (C=O) groups is 2. The Morgan fingerprint density at radius 3 is 2.28 bits per heavy atom. The largest absolute Gasteiger partial charge is 0.444 e. The third kappa shape index (κ3) is 4.64. The Labute approximate surface area is 170 Å². The van der Waals surface area contributed by atoms with Crippen molar-refractivity contribution in [3.8, 4) is 0 Å². The molecule has 1 N–H and O–H groups in total. The van der Waals surface area contributed by atoms with Gasteiger partial charge < -0.3 is 19.7 Å². The summed E-state index contributed by atoms with van der Waals surface area (Å²) in [6.07, 6.45) is 1.41. The number of amides is 2. The van der Waals surface area contributed by atoms with Gasteiger partial charge in [-0.05, 0) is 54.4 Å². The molecule has 1 spiro atoms. The summed E-state index contributed by atoms with van der Waals surface area (Å²) in [6.45, 7) is 12.2. The van der Waals surface area contributed by atoms with E-state index in [1.807, 2.05) is 20.8 Å². The molecule has 1 aromatic rings. The maximum atomic E-state index is 14.5. The van der Waals surface area contributed by atoms with Crippen LogP contribution in [-0.4, -0.2) is 51.2 Å². The van der Waals surface area contributed by atoms with Gasteiger partial charge in [-0.3, -0.25) is 4.68 Å². The van der Waals surface area contributed by atoms with Crippen LogP contribution in [0.4, 0.5) is 14.0 Å².